The van der Waals surface area contributed by atoms with E-state index in [-0.39, 0.29) is 22.8 Å². The van der Waals surface area contributed by atoms with Crippen LogP contribution < -0.4 is 10.6 Å². The van der Waals surface area contributed by atoms with E-state index in [1.54, 1.807) is 0 Å². The van der Waals surface area contributed by atoms with Crippen LogP contribution in [0.3, 0.4) is 0 Å². The normalized spacial score (nSPS) is 32.7. The number of nitrogens with zero attached hydrogens (tertiary/aromatic N) is 2. The number of hydrogen-bond acceptors (Lipinski definition) is 3. The van der Waals surface area contributed by atoms with Crippen molar-refractivity contribution in [2.75, 3.05) is 39.3 Å². The Bertz CT molecular complexity index is 557. The van der Waals surface area contributed by atoms with Gasteiger partial charge in [-0.2, -0.15) is 0 Å². The molecule has 0 saturated carbocycles. The Balaban J connectivity index is 1.69. The molecule has 0 aliphatic carbocycles. The van der Waals surface area contributed by atoms with E-state index in [0.29, 0.717) is 12.3 Å². The first-order chi connectivity index (χ1) is 12.8. The van der Waals surface area contributed by atoms with Gasteiger partial charge in [0.05, 0.1) is 6.10 Å². The van der Waals surface area contributed by atoms with Gasteiger partial charge in [-0.05, 0) is 38.0 Å². The van der Waals surface area contributed by atoms with Crippen LogP contribution in [0.15, 0.2) is 4.99 Å². The predicted octanol–water partition coefficient (Wildman–Crippen LogP) is 2.40. The number of piperidine rings is 1. The Morgan fingerprint density at radius 1 is 1.41 bits per heavy atom. The third kappa shape index (κ3) is 4.95. The first-order valence-electron chi connectivity index (χ1n) is 10.7. The molecule has 0 bridgehead atoms. The zero-order valence-corrected chi connectivity index (χ0v) is 17.6. The fraction of sp³-hybridized carbons (Fsp3) is 0.905. The summed E-state index contributed by atoms with van der Waals surface area (Å²) in [6, 6.07) is 0. The molecule has 27 heavy (non-hydrogen) atoms. The molecular weight excluding hydrogens is 340 g/mol. The Hall–Kier alpha value is -1.30. The lowest BCUT2D eigenvalue weighted by molar-refractivity contribution is -0.119. The highest BCUT2D eigenvalue weighted by atomic mass is 16.5. The van der Waals surface area contributed by atoms with Gasteiger partial charge in [0, 0.05) is 57.1 Å². The average Bonchev–Trinajstić information content (AvgIpc) is 2.98. The topological polar surface area (TPSA) is 66.0 Å². The van der Waals surface area contributed by atoms with Gasteiger partial charge >= 0.3 is 0 Å². The van der Waals surface area contributed by atoms with Crippen LogP contribution >= 0.6 is 0 Å². The largest absolute Gasteiger partial charge is 0.377 e. The molecule has 3 aliphatic heterocycles. The van der Waals surface area contributed by atoms with E-state index in [1.165, 1.54) is 6.42 Å². The highest BCUT2D eigenvalue weighted by molar-refractivity contribution is 5.81. The van der Waals surface area contributed by atoms with Gasteiger partial charge in [-0.3, -0.25) is 9.79 Å². The Morgan fingerprint density at radius 2 is 2.22 bits per heavy atom. The second kappa shape index (κ2) is 8.38. The molecule has 3 heterocycles. The molecule has 1 spiro atoms. The van der Waals surface area contributed by atoms with E-state index in [2.05, 4.69) is 43.2 Å². The molecule has 3 rings (SSSR count). The molecule has 3 fully saturated rings. The summed E-state index contributed by atoms with van der Waals surface area (Å²) in [4.78, 5) is 19.2. The Labute approximate surface area is 164 Å². The van der Waals surface area contributed by atoms with E-state index in [0.717, 1.165) is 64.6 Å². The van der Waals surface area contributed by atoms with E-state index in [4.69, 9.17) is 9.73 Å². The van der Waals surface area contributed by atoms with Gasteiger partial charge in [-0.15, -0.1) is 0 Å². The van der Waals surface area contributed by atoms with Gasteiger partial charge < -0.3 is 20.3 Å². The summed E-state index contributed by atoms with van der Waals surface area (Å²) in [5.41, 5.74) is 0.234. The van der Waals surface area contributed by atoms with Crippen LogP contribution in [-0.2, 0) is 9.53 Å². The van der Waals surface area contributed by atoms with Crippen molar-refractivity contribution in [2.24, 2.45) is 21.7 Å². The Morgan fingerprint density at radius 3 is 2.89 bits per heavy atom. The molecule has 154 valence electrons. The lowest BCUT2D eigenvalue weighted by Gasteiger charge is -2.42. The van der Waals surface area contributed by atoms with Crippen molar-refractivity contribution in [1.82, 2.24) is 15.5 Å². The monoisotopic (exact) mass is 378 g/mol. The Kier molecular flexibility index (Phi) is 6.34. The maximum absolute atomic E-state index is 11.8. The van der Waals surface area contributed by atoms with Gasteiger partial charge in [0.25, 0.3) is 0 Å². The van der Waals surface area contributed by atoms with Gasteiger partial charge in [-0.25, -0.2) is 0 Å². The van der Waals surface area contributed by atoms with Crippen LogP contribution in [-0.4, -0.2) is 62.2 Å². The maximum atomic E-state index is 11.8. The number of likely N-dealkylation sites (tertiary alicyclic amines) is 1. The zero-order chi connectivity index (χ0) is 19.5. The number of ether oxygens (including phenoxy) is 1. The molecule has 0 aromatic rings. The molecule has 2 N–H and O–H groups in total. The number of aliphatic imine (C=N–C) groups is 1. The molecule has 3 aliphatic rings. The summed E-state index contributed by atoms with van der Waals surface area (Å²) in [6.45, 7) is 14.2. The zero-order valence-electron chi connectivity index (χ0n) is 17.6. The third-order valence-corrected chi connectivity index (χ3v) is 6.27. The van der Waals surface area contributed by atoms with Crippen LogP contribution in [0.25, 0.3) is 0 Å². The second-order valence-corrected chi connectivity index (χ2v) is 9.73. The quantitative estimate of drug-likeness (QED) is 0.585. The summed E-state index contributed by atoms with van der Waals surface area (Å²) in [7, 11) is 0. The van der Waals surface area contributed by atoms with Gasteiger partial charge in [0.2, 0.25) is 5.91 Å². The highest BCUT2D eigenvalue weighted by Gasteiger charge is 2.42. The molecule has 6 heteroatoms. The van der Waals surface area contributed by atoms with E-state index >= 15 is 0 Å². The van der Waals surface area contributed by atoms with E-state index in [1.807, 2.05) is 0 Å². The lowest BCUT2D eigenvalue weighted by atomic mass is 9.78. The average molecular weight is 379 g/mol. The fourth-order valence-corrected chi connectivity index (χ4v) is 5.05. The first kappa shape index (κ1) is 20.4. The van der Waals surface area contributed by atoms with Gasteiger partial charge in [0.15, 0.2) is 5.96 Å². The first-order valence-corrected chi connectivity index (χ1v) is 10.7. The summed E-state index contributed by atoms with van der Waals surface area (Å²) in [5.74, 6) is 1.68. The third-order valence-electron chi connectivity index (χ3n) is 6.27. The molecule has 0 radical (unpaired) electrons. The summed E-state index contributed by atoms with van der Waals surface area (Å²) < 4.78 is 6.13. The molecule has 6 nitrogen and oxygen atoms in total. The number of guanidine groups is 1. The van der Waals surface area contributed by atoms with E-state index in [9.17, 15) is 4.79 Å². The molecule has 0 aromatic heterocycles. The van der Waals surface area contributed by atoms with Crippen LogP contribution in [0, 0.1) is 16.7 Å². The summed E-state index contributed by atoms with van der Waals surface area (Å²) in [6.07, 6.45) is 5.49. The minimum absolute atomic E-state index is 0.0907. The van der Waals surface area contributed by atoms with Crippen molar-refractivity contribution in [3.63, 3.8) is 0 Å². The van der Waals surface area contributed by atoms with Crippen LogP contribution in [0.4, 0.5) is 0 Å². The summed E-state index contributed by atoms with van der Waals surface area (Å²) >= 11 is 0. The smallest absolute Gasteiger partial charge is 0.220 e. The van der Waals surface area contributed by atoms with E-state index < -0.39 is 0 Å². The van der Waals surface area contributed by atoms with Crippen LogP contribution in [0.1, 0.15) is 59.8 Å². The predicted molar refractivity (Wildman–Crippen MR) is 109 cm³/mol. The number of carbonyl (C=O) groups is 1. The molecule has 3 atom stereocenters. The molecule has 3 saturated heterocycles. The second-order valence-electron chi connectivity index (χ2n) is 9.73. The number of nitrogens with one attached hydrogen (secondary N) is 2. The molecule has 1 amide bonds. The van der Waals surface area contributed by atoms with Crippen molar-refractivity contribution in [1.29, 1.82) is 0 Å². The molecule has 3 unspecified atom stereocenters. The fourth-order valence-electron chi connectivity index (χ4n) is 5.05. The molecular formula is C21H38N4O2. The number of rotatable bonds is 3. The van der Waals surface area contributed by atoms with Gasteiger partial charge in [-0.1, -0.05) is 20.8 Å². The summed E-state index contributed by atoms with van der Waals surface area (Å²) in [5, 5.41) is 6.53. The maximum Gasteiger partial charge on any atom is 0.220 e. The van der Waals surface area contributed by atoms with Crippen LogP contribution in [0.2, 0.25) is 0 Å². The molecule has 0 aromatic carbocycles. The van der Waals surface area contributed by atoms with Crippen molar-refractivity contribution >= 4 is 11.9 Å². The van der Waals surface area contributed by atoms with Crippen molar-refractivity contribution in [3.8, 4) is 0 Å². The minimum Gasteiger partial charge on any atom is -0.377 e. The SMILES string of the molecule is CCNC(=NCC1CCCOC1C(C)(C)C)N1CCCC2(CNC(=O)C2)C1. The van der Waals surface area contributed by atoms with Crippen molar-refractivity contribution in [3.05, 3.63) is 0 Å². The van der Waals surface area contributed by atoms with Crippen molar-refractivity contribution in [2.45, 2.75) is 65.9 Å². The minimum atomic E-state index is 0.0907. The number of amides is 1. The van der Waals surface area contributed by atoms with Crippen LogP contribution in [0.5, 0.6) is 0 Å². The lowest BCUT2D eigenvalue weighted by Crippen LogP contribution is -2.51. The van der Waals surface area contributed by atoms with Gasteiger partial charge in [0.1, 0.15) is 0 Å². The highest BCUT2D eigenvalue weighted by Crippen LogP contribution is 2.37. The number of hydrogen-bond donors (Lipinski definition) is 2. The van der Waals surface area contributed by atoms with Crippen molar-refractivity contribution < 1.29 is 9.53 Å². The number of carbonyl (C=O) groups excluding carboxylic acids is 1. The standard InChI is InChI=1S/C21H38N4O2/c1-5-22-19(23-13-16-8-6-11-27-18(16)20(2,3)4)25-10-7-9-21(15-25)12-17(26)24-14-21/h16,18H,5-15H2,1-4H3,(H,22,23)(H,24,26).